The molecule has 0 bridgehead atoms. The predicted molar refractivity (Wildman–Crippen MR) is 125 cm³/mol. The zero-order valence-corrected chi connectivity index (χ0v) is 19.4. The number of sulfonamides is 1. The van der Waals surface area contributed by atoms with Gasteiger partial charge in [0.25, 0.3) is 0 Å². The monoisotopic (exact) mass is 441 g/mol. The zero-order valence-electron chi connectivity index (χ0n) is 18.5. The third kappa shape index (κ3) is 4.08. The average molecular weight is 442 g/mol. The van der Waals surface area contributed by atoms with Gasteiger partial charge >= 0.3 is 0 Å². The standard InChI is InChI=1S/C24H31N3O3S/c1-4-27-22-9-7-6-8-20(22)21-16-18(10-11-23(21)27)17-25(3)24(28)19-12-14-26(15-13-19)31(29,30)5-2/h6-11,16,19H,4-5,12-15,17H2,1-3H3. The fraction of sp³-hybridized carbons (Fsp3) is 0.458. The summed E-state index contributed by atoms with van der Waals surface area (Å²) in [4.78, 5) is 14.8. The van der Waals surface area contributed by atoms with Crippen LogP contribution >= 0.6 is 0 Å². The Morgan fingerprint density at radius 2 is 1.71 bits per heavy atom. The molecule has 4 rings (SSSR count). The number of aryl methyl sites for hydroxylation is 1. The van der Waals surface area contributed by atoms with Gasteiger partial charge in [-0.1, -0.05) is 24.3 Å². The second-order valence-electron chi connectivity index (χ2n) is 8.38. The van der Waals surface area contributed by atoms with Crippen LogP contribution in [0.5, 0.6) is 0 Å². The Morgan fingerprint density at radius 3 is 2.39 bits per heavy atom. The van der Waals surface area contributed by atoms with Crippen LogP contribution in [0.4, 0.5) is 0 Å². The highest BCUT2D eigenvalue weighted by Crippen LogP contribution is 2.30. The lowest BCUT2D eigenvalue weighted by Crippen LogP contribution is -2.43. The number of nitrogens with zero attached hydrogens (tertiary/aromatic N) is 3. The molecule has 1 amide bonds. The van der Waals surface area contributed by atoms with Crippen molar-refractivity contribution in [1.82, 2.24) is 13.8 Å². The molecule has 1 aliphatic heterocycles. The van der Waals surface area contributed by atoms with E-state index in [9.17, 15) is 13.2 Å². The summed E-state index contributed by atoms with van der Waals surface area (Å²) in [6.07, 6.45) is 1.18. The summed E-state index contributed by atoms with van der Waals surface area (Å²) in [5.74, 6) is 0.103. The molecule has 0 N–H and O–H groups in total. The van der Waals surface area contributed by atoms with Crippen LogP contribution in [0.15, 0.2) is 42.5 Å². The first-order valence-corrected chi connectivity index (χ1v) is 12.7. The van der Waals surface area contributed by atoms with Crippen LogP contribution in [0.2, 0.25) is 0 Å². The highest BCUT2D eigenvalue weighted by Gasteiger charge is 2.31. The molecule has 0 aliphatic carbocycles. The van der Waals surface area contributed by atoms with Gasteiger partial charge in [-0.15, -0.1) is 0 Å². The Morgan fingerprint density at radius 1 is 1.03 bits per heavy atom. The van der Waals surface area contributed by atoms with Gasteiger partial charge in [0.1, 0.15) is 0 Å². The lowest BCUT2D eigenvalue weighted by molar-refractivity contribution is -0.135. The van der Waals surface area contributed by atoms with Crippen molar-refractivity contribution in [2.75, 3.05) is 25.9 Å². The second kappa shape index (κ2) is 8.63. The molecular formula is C24H31N3O3S. The number of amides is 1. The molecule has 7 heteroatoms. The highest BCUT2D eigenvalue weighted by atomic mass is 32.2. The largest absolute Gasteiger partial charge is 0.341 e. The van der Waals surface area contributed by atoms with Crippen molar-refractivity contribution in [2.24, 2.45) is 5.92 Å². The van der Waals surface area contributed by atoms with Gasteiger partial charge in [-0.25, -0.2) is 12.7 Å². The number of aromatic nitrogens is 1. The van der Waals surface area contributed by atoms with E-state index < -0.39 is 10.0 Å². The minimum atomic E-state index is -3.17. The van der Waals surface area contributed by atoms with E-state index in [0.717, 1.165) is 12.1 Å². The summed E-state index contributed by atoms with van der Waals surface area (Å²) in [5.41, 5.74) is 3.55. The number of rotatable bonds is 6. The summed E-state index contributed by atoms with van der Waals surface area (Å²) < 4.78 is 28.0. The van der Waals surface area contributed by atoms with Crippen LogP contribution in [0.1, 0.15) is 32.3 Å². The predicted octanol–water partition coefficient (Wildman–Crippen LogP) is 3.83. The van der Waals surface area contributed by atoms with Crippen molar-refractivity contribution in [3.8, 4) is 0 Å². The second-order valence-corrected chi connectivity index (χ2v) is 10.6. The molecule has 0 radical (unpaired) electrons. The minimum absolute atomic E-state index is 0.102. The van der Waals surface area contributed by atoms with Gasteiger partial charge in [0.2, 0.25) is 15.9 Å². The van der Waals surface area contributed by atoms with E-state index in [2.05, 4.69) is 54.0 Å². The van der Waals surface area contributed by atoms with Gasteiger partial charge in [0.05, 0.1) is 5.75 Å². The van der Waals surface area contributed by atoms with E-state index in [0.29, 0.717) is 32.5 Å². The molecule has 2 aromatic carbocycles. The van der Waals surface area contributed by atoms with Crippen molar-refractivity contribution < 1.29 is 13.2 Å². The Bertz CT molecular complexity index is 1210. The summed E-state index contributed by atoms with van der Waals surface area (Å²) in [5, 5.41) is 2.45. The summed E-state index contributed by atoms with van der Waals surface area (Å²) in [7, 11) is -1.33. The van der Waals surface area contributed by atoms with Crippen molar-refractivity contribution in [3.63, 3.8) is 0 Å². The number of hydrogen-bond donors (Lipinski definition) is 0. The fourth-order valence-corrected chi connectivity index (χ4v) is 5.90. The number of fused-ring (bicyclic) bond motifs is 3. The quantitative estimate of drug-likeness (QED) is 0.584. The summed E-state index contributed by atoms with van der Waals surface area (Å²) in [6.45, 7) is 6.15. The molecule has 0 spiro atoms. The molecular weight excluding hydrogens is 410 g/mol. The van der Waals surface area contributed by atoms with Crippen molar-refractivity contribution >= 4 is 37.7 Å². The SMILES string of the molecule is CCn1c2ccccc2c2cc(CN(C)C(=O)C3CCN(S(=O)(=O)CC)CC3)ccc21. The Balaban J connectivity index is 1.49. The van der Waals surface area contributed by atoms with Crippen LogP contribution in [0.3, 0.4) is 0 Å². The van der Waals surface area contributed by atoms with Gasteiger partial charge in [-0.05, 0) is 50.5 Å². The number of para-hydroxylation sites is 1. The van der Waals surface area contributed by atoms with Gasteiger partial charge in [-0.2, -0.15) is 0 Å². The number of piperidine rings is 1. The van der Waals surface area contributed by atoms with E-state index in [1.54, 1.807) is 11.8 Å². The molecule has 0 saturated carbocycles. The molecule has 1 aromatic heterocycles. The third-order valence-electron chi connectivity index (χ3n) is 6.51. The van der Waals surface area contributed by atoms with E-state index in [1.165, 1.54) is 26.1 Å². The molecule has 3 aromatic rings. The molecule has 166 valence electrons. The topological polar surface area (TPSA) is 62.6 Å². The maximum atomic E-state index is 13.0. The normalized spacial score (nSPS) is 16.2. The number of hydrogen-bond acceptors (Lipinski definition) is 3. The van der Waals surface area contributed by atoms with Crippen LogP contribution in [-0.2, 0) is 27.9 Å². The molecule has 1 saturated heterocycles. The number of benzene rings is 2. The highest BCUT2D eigenvalue weighted by molar-refractivity contribution is 7.89. The third-order valence-corrected chi connectivity index (χ3v) is 8.39. The van der Waals surface area contributed by atoms with Crippen molar-refractivity contribution in [1.29, 1.82) is 0 Å². The van der Waals surface area contributed by atoms with Crippen LogP contribution < -0.4 is 0 Å². The van der Waals surface area contributed by atoms with Crippen LogP contribution in [0, 0.1) is 5.92 Å². The van der Waals surface area contributed by atoms with Crippen LogP contribution in [-0.4, -0.2) is 54.0 Å². The van der Waals surface area contributed by atoms with E-state index in [-0.39, 0.29) is 17.6 Å². The van der Waals surface area contributed by atoms with E-state index in [4.69, 9.17) is 0 Å². The maximum Gasteiger partial charge on any atom is 0.225 e. The first-order valence-electron chi connectivity index (χ1n) is 11.1. The van der Waals surface area contributed by atoms with E-state index in [1.807, 2.05) is 7.05 Å². The molecule has 0 unspecified atom stereocenters. The Hall–Kier alpha value is -2.38. The van der Waals surface area contributed by atoms with Gasteiger partial charge in [0, 0.05) is 61.0 Å². The molecule has 0 atom stereocenters. The molecule has 6 nitrogen and oxygen atoms in total. The van der Waals surface area contributed by atoms with Crippen molar-refractivity contribution in [2.45, 2.75) is 39.8 Å². The summed E-state index contributed by atoms with van der Waals surface area (Å²) >= 11 is 0. The van der Waals surface area contributed by atoms with Gasteiger partial charge < -0.3 is 9.47 Å². The minimum Gasteiger partial charge on any atom is -0.341 e. The average Bonchev–Trinajstić information content (AvgIpc) is 3.11. The number of carbonyl (C=O) groups excluding carboxylic acids is 1. The van der Waals surface area contributed by atoms with E-state index >= 15 is 0 Å². The zero-order chi connectivity index (χ0) is 22.2. The summed E-state index contributed by atoms with van der Waals surface area (Å²) in [6, 6.07) is 14.9. The van der Waals surface area contributed by atoms with Gasteiger partial charge in [0.15, 0.2) is 0 Å². The first kappa shape index (κ1) is 21.8. The Kier molecular flexibility index (Phi) is 6.08. The molecule has 2 heterocycles. The molecule has 1 aliphatic rings. The number of carbonyl (C=O) groups is 1. The van der Waals surface area contributed by atoms with Gasteiger partial charge in [-0.3, -0.25) is 4.79 Å². The van der Waals surface area contributed by atoms with Crippen molar-refractivity contribution in [3.05, 3.63) is 48.0 Å². The first-order chi connectivity index (χ1) is 14.9. The fourth-order valence-electron chi connectivity index (χ4n) is 4.77. The smallest absolute Gasteiger partial charge is 0.225 e. The molecule has 1 fully saturated rings. The lowest BCUT2D eigenvalue weighted by atomic mass is 9.96. The van der Waals surface area contributed by atoms with Crippen LogP contribution in [0.25, 0.3) is 21.8 Å². The molecule has 31 heavy (non-hydrogen) atoms. The lowest BCUT2D eigenvalue weighted by Gasteiger charge is -2.32. The Labute approximate surface area is 184 Å². The maximum absolute atomic E-state index is 13.0.